The molecule has 0 aromatic heterocycles. The molecule has 0 atom stereocenters. The summed E-state index contributed by atoms with van der Waals surface area (Å²) in [5, 5.41) is 7.44. The van der Waals surface area contributed by atoms with Gasteiger partial charge >= 0.3 is 0 Å². The van der Waals surface area contributed by atoms with Crippen LogP contribution in [-0.4, -0.2) is 18.7 Å². The third kappa shape index (κ3) is 4.56. The van der Waals surface area contributed by atoms with Gasteiger partial charge in [0.2, 0.25) is 0 Å². The Kier molecular flexibility index (Phi) is 5.49. The Morgan fingerprint density at radius 1 is 1.27 bits per heavy atom. The van der Waals surface area contributed by atoms with Crippen LogP contribution in [0, 0.1) is 12.7 Å². The molecular weight excluding hydrogens is 305 g/mol. The highest BCUT2D eigenvalue weighted by molar-refractivity contribution is 6.31. The molecule has 114 valence electrons. The third-order valence-corrected chi connectivity index (χ3v) is 3.39. The van der Waals surface area contributed by atoms with Crippen LogP contribution in [0.4, 0.5) is 10.1 Å². The molecule has 0 bridgehead atoms. The summed E-state index contributed by atoms with van der Waals surface area (Å²) >= 11 is 6.00. The molecule has 2 N–H and O–H groups in total. The van der Waals surface area contributed by atoms with Gasteiger partial charge in [-0.05, 0) is 42.3 Å². The quantitative estimate of drug-likeness (QED) is 0.656. The maximum atomic E-state index is 12.7. The van der Waals surface area contributed by atoms with Crippen molar-refractivity contribution in [2.24, 2.45) is 5.10 Å². The Hall–Kier alpha value is -2.40. The van der Waals surface area contributed by atoms with Crippen LogP contribution in [0.2, 0.25) is 5.02 Å². The number of hydrazone groups is 1. The molecule has 4 nitrogen and oxygen atoms in total. The van der Waals surface area contributed by atoms with E-state index in [2.05, 4.69) is 15.8 Å². The summed E-state index contributed by atoms with van der Waals surface area (Å²) in [4.78, 5) is 11.7. The molecule has 0 fully saturated rings. The van der Waals surface area contributed by atoms with E-state index in [1.807, 2.05) is 19.1 Å². The van der Waals surface area contributed by atoms with Crippen LogP contribution in [0.15, 0.2) is 47.6 Å². The van der Waals surface area contributed by atoms with E-state index in [0.29, 0.717) is 10.6 Å². The maximum Gasteiger partial charge on any atom is 0.259 e. The number of hydrogen-bond donors (Lipinski definition) is 2. The largest absolute Gasteiger partial charge is 0.376 e. The average Bonchev–Trinajstić information content (AvgIpc) is 2.51. The molecule has 0 aliphatic carbocycles. The Morgan fingerprint density at radius 2 is 2.00 bits per heavy atom. The van der Waals surface area contributed by atoms with Crippen molar-refractivity contribution < 1.29 is 9.18 Å². The second-order valence-electron chi connectivity index (χ2n) is 4.61. The van der Waals surface area contributed by atoms with Gasteiger partial charge in [0, 0.05) is 10.7 Å². The normalized spacial score (nSPS) is 10.7. The molecule has 0 aliphatic heterocycles. The minimum absolute atomic E-state index is 0.0714. The number of amides is 1. The number of halogens is 2. The molecule has 0 unspecified atom stereocenters. The van der Waals surface area contributed by atoms with Crippen molar-refractivity contribution in [2.75, 3.05) is 11.9 Å². The lowest BCUT2D eigenvalue weighted by Gasteiger charge is -2.09. The van der Waals surface area contributed by atoms with Gasteiger partial charge in [0.05, 0.1) is 12.8 Å². The minimum Gasteiger partial charge on any atom is -0.376 e. The highest BCUT2D eigenvalue weighted by atomic mass is 35.5. The lowest BCUT2D eigenvalue weighted by Crippen LogP contribution is -2.26. The number of carbonyl (C=O) groups excluding carboxylic acids is 1. The van der Waals surface area contributed by atoms with E-state index in [1.165, 1.54) is 18.3 Å². The van der Waals surface area contributed by atoms with Gasteiger partial charge in [-0.3, -0.25) is 4.79 Å². The Labute approximate surface area is 133 Å². The fourth-order valence-electron chi connectivity index (χ4n) is 1.74. The summed E-state index contributed by atoms with van der Waals surface area (Å²) in [5.41, 5.74) is 4.76. The number of benzene rings is 2. The molecule has 0 radical (unpaired) electrons. The second-order valence-corrected chi connectivity index (χ2v) is 5.02. The van der Waals surface area contributed by atoms with Gasteiger partial charge in [-0.2, -0.15) is 5.10 Å². The first-order valence-corrected chi connectivity index (χ1v) is 7.00. The third-order valence-electron chi connectivity index (χ3n) is 2.98. The monoisotopic (exact) mass is 319 g/mol. The predicted molar refractivity (Wildman–Crippen MR) is 86.8 cm³/mol. The molecule has 0 aliphatic rings. The van der Waals surface area contributed by atoms with Gasteiger partial charge in [0.15, 0.2) is 0 Å². The van der Waals surface area contributed by atoms with Gasteiger partial charge in [0.1, 0.15) is 5.82 Å². The molecule has 1 amide bonds. The van der Waals surface area contributed by atoms with Crippen molar-refractivity contribution in [3.05, 3.63) is 64.4 Å². The summed E-state index contributed by atoms with van der Waals surface area (Å²) in [6.07, 6.45) is 1.45. The Bertz CT molecular complexity index is 686. The molecule has 2 rings (SSSR count). The Balaban J connectivity index is 1.83. The summed E-state index contributed by atoms with van der Waals surface area (Å²) in [5.74, 6) is -0.611. The maximum absolute atomic E-state index is 12.7. The first kappa shape index (κ1) is 16.0. The Morgan fingerprint density at radius 3 is 2.73 bits per heavy atom. The zero-order chi connectivity index (χ0) is 15.9. The molecule has 2 aromatic rings. The van der Waals surface area contributed by atoms with Gasteiger partial charge in [0.25, 0.3) is 5.91 Å². The molecule has 22 heavy (non-hydrogen) atoms. The van der Waals surface area contributed by atoms with Crippen LogP contribution in [0.25, 0.3) is 0 Å². The van der Waals surface area contributed by atoms with E-state index in [4.69, 9.17) is 11.6 Å². The van der Waals surface area contributed by atoms with E-state index in [-0.39, 0.29) is 18.3 Å². The van der Waals surface area contributed by atoms with Crippen LogP contribution in [-0.2, 0) is 4.79 Å². The number of carbonyl (C=O) groups is 1. The average molecular weight is 320 g/mol. The lowest BCUT2D eigenvalue weighted by atomic mass is 10.2. The molecule has 0 saturated heterocycles. The van der Waals surface area contributed by atoms with E-state index in [9.17, 15) is 9.18 Å². The smallest absolute Gasteiger partial charge is 0.259 e. The summed E-state index contributed by atoms with van der Waals surface area (Å²) in [7, 11) is 0. The molecule has 6 heteroatoms. The minimum atomic E-state index is -0.317. The fourth-order valence-corrected chi connectivity index (χ4v) is 1.92. The topological polar surface area (TPSA) is 53.5 Å². The molecule has 0 saturated carbocycles. The van der Waals surface area contributed by atoms with Gasteiger partial charge in [-0.15, -0.1) is 0 Å². The van der Waals surface area contributed by atoms with Crippen LogP contribution < -0.4 is 10.7 Å². The van der Waals surface area contributed by atoms with Crippen LogP contribution >= 0.6 is 11.6 Å². The van der Waals surface area contributed by atoms with Crippen molar-refractivity contribution in [1.82, 2.24) is 5.43 Å². The number of hydrogen-bond acceptors (Lipinski definition) is 3. The SMILES string of the molecule is Cc1c(Cl)cccc1NCC(=O)N/N=C/c1ccc(F)cc1. The molecule has 0 spiro atoms. The number of rotatable bonds is 5. The second kappa shape index (κ2) is 7.56. The summed E-state index contributed by atoms with van der Waals surface area (Å²) in [6.45, 7) is 1.94. The number of nitrogens with one attached hydrogen (secondary N) is 2. The van der Waals surface area contributed by atoms with Crippen molar-refractivity contribution in [1.29, 1.82) is 0 Å². The predicted octanol–water partition coefficient (Wildman–Crippen LogP) is 3.35. The van der Waals surface area contributed by atoms with E-state index >= 15 is 0 Å². The van der Waals surface area contributed by atoms with Gasteiger partial charge in [-0.1, -0.05) is 29.8 Å². The van der Waals surface area contributed by atoms with Gasteiger partial charge < -0.3 is 5.32 Å². The van der Waals surface area contributed by atoms with Crippen LogP contribution in [0.3, 0.4) is 0 Å². The molecule has 0 heterocycles. The first-order valence-electron chi connectivity index (χ1n) is 6.63. The van der Waals surface area contributed by atoms with Crippen molar-refractivity contribution in [3.63, 3.8) is 0 Å². The zero-order valence-corrected chi connectivity index (χ0v) is 12.7. The van der Waals surface area contributed by atoms with E-state index in [0.717, 1.165) is 11.3 Å². The number of anilines is 1. The van der Waals surface area contributed by atoms with Gasteiger partial charge in [-0.25, -0.2) is 9.82 Å². The standard InChI is InChI=1S/C16H15ClFN3O/c1-11-14(17)3-2-4-15(11)19-10-16(22)21-20-9-12-5-7-13(18)8-6-12/h2-9,19H,10H2,1H3,(H,21,22)/b20-9+. The first-order chi connectivity index (χ1) is 10.6. The molecular formula is C16H15ClFN3O. The van der Waals surface area contributed by atoms with E-state index < -0.39 is 0 Å². The highest BCUT2D eigenvalue weighted by Crippen LogP contribution is 2.22. The van der Waals surface area contributed by atoms with Crippen molar-refractivity contribution >= 4 is 29.4 Å². The highest BCUT2D eigenvalue weighted by Gasteiger charge is 2.04. The summed E-state index contributed by atoms with van der Waals surface area (Å²) < 4.78 is 12.7. The summed E-state index contributed by atoms with van der Waals surface area (Å²) in [6, 6.07) is 11.2. The van der Waals surface area contributed by atoms with E-state index in [1.54, 1.807) is 18.2 Å². The van der Waals surface area contributed by atoms with Crippen LogP contribution in [0.1, 0.15) is 11.1 Å². The fraction of sp³-hybridized carbons (Fsp3) is 0.125. The number of nitrogens with zero attached hydrogens (tertiary/aromatic N) is 1. The van der Waals surface area contributed by atoms with Crippen molar-refractivity contribution in [2.45, 2.75) is 6.92 Å². The zero-order valence-electron chi connectivity index (χ0n) is 11.9. The van der Waals surface area contributed by atoms with Crippen LogP contribution in [0.5, 0.6) is 0 Å². The molecule has 2 aromatic carbocycles. The van der Waals surface area contributed by atoms with Crippen molar-refractivity contribution in [3.8, 4) is 0 Å². The lowest BCUT2D eigenvalue weighted by molar-refractivity contribution is -0.119.